The second-order valence-electron chi connectivity index (χ2n) is 7.05. The topological polar surface area (TPSA) is 85.2 Å². The number of nitrogens with zero attached hydrogens (tertiary/aromatic N) is 5. The van der Waals surface area contributed by atoms with E-state index in [4.69, 9.17) is 4.74 Å². The fourth-order valence-corrected chi connectivity index (χ4v) is 3.16. The molecule has 1 N–H and O–H groups in total. The summed E-state index contributed by atoms with van der Waals surface area (Å²) in [7, 11) is 0. The van der Waals surface area contributed by atoms with Gasteiger partial charge in [0.1, 0.15) is 6.54 Å². The van der Waals surface area contributed by atoms with Crippen molar-refractivity contribution in [2.75, 3.05) is 31.2 Å². The molecule has 1 aliphatic rings. The smallest absolute Gasteiger partial charge is 0.243 e. The Hall–Kier alpha value is -3.26. The number of carbonyl (C=O) groups is 1. The zero-order valence-electron chi connectivity index (χ0n) is 16.4. The average Bonchev–Trinajstić information content (AvgIpc) is 3.22. The van der Waals surface area contributed by atoms with Gasteiger partial charge in [0.2, 0.25) is 11.7 Å². The molecule has 0 radical (unpaired) electrons. The van der Waals surface area contributed by atoms with Crippen LogP contribution < -0.4 is 10.2 Å². The number of carbonyl (C=O) groups excluding carboxylic acids is 1. The van der Waals surface area contributed by atoms with Gasteiger partial charge in [-0.05, 0) is 42.0 Å². The first-order valence-corrected chi connectivity index (χ1v) is 9.70. The Morgan fingerprint density at radius 3 is 2.52 bits per heavy atom. The van der Waals surface area contributed by atoms with Crippen molar-refractivity contribution in [3.63, 3.8) is 0 Å². The second-order valence-corrected chi connectivity index (χ2v) is 7.05. The summed E-state index contributed by atoms with van der Waals surface area (Å²) >= 11 is 0. The molecule has 1 fully saturated rings. The summed E-state index contributed by atoms with van der Waals surface area (Å²) in [5, 5.41) is 15.3. The Labute approximate surface area is 169 Å². The molecule has 2 aromatic carbocycles. The number of amides is 1. The van der Waals surface area contributed by atoms with Crippen LogP contribution >= 0.6 is 0 Å². The van der Waals surface area contributed by atoms with E-state index in [0.717, 1.165) is 43.1 Å². The molecular formula is C21H24N6O2. The SMILES string of the molecule is Cc1ccc(CNC(=O)Cn2nnc(-c3ccc(N4CCOCC4)cc3)n2)cc1. The third-order valence-electron chi connectivity index (χ3n) is 4.85. The van der Waals surface area contributed by atoms with Gasteiger partial charge in [-0.25, -0.2) is 0 Å². The van der Waals surface area contributed by atoms with Gasteiger partial charge in [0, 0.05) is 30.9 Å². The van der Waals surface area contributed by atoms with Crippen LogP contribution in [-0.2, 0) is 22.6 Å². The predicted molar refractivity (Wildman–Crippen MR) is 109 cm³/mol. The first-order valence-electron chi connectivity index (χ1n) is 9.70. The number of anilines is 1. The fourth-order valence-electron chi connectivity index (χ4n) is 3.16. The average molecular weight is 392 g/mol. The fraction of sp³-hybridized carbons (Fsp3) is 0.333. The Morgan fingerprint density at radius 2 is 1.79 bits per heavy atom. The van der Waals surface area contributed by atoms with E-state index in [0.29, 0.717) is 12.4 Å². The van der Waals surface area contributed by atoms with Crippen LogP contribution in [0.4, 0.5) is 5.69 Å². The highest BCUT2D eigenvalue weighted by atomic mass is 16.5. The third kappa shape index (κ3) is 4.97. The van der Waals surface area contributed by atoms with Crippen LogP contribution in [0.15, 0.2) is 48.5 Å². The third-order valence-corrected chi connectivity index (χ3v) is 4.85. The number of benzene rings is 2. The quantitative estimate of drug-likeness (QED) is 0.689. The normalized spacial score (nSPS) is 14.0. The number of hydrogen-bond acceptors (Lipinski definition) is 6. The van der Waals surface area contributed by atoms with Gasteiger partial charge in [0.15, 0.2) is 0 Å². The van der Waals surface area contributed by atoms with E-state index in [1.807, 2.05) is 43.3 Å². The Morgan fingerprint density at radius 1 is 1.07 bits per heavy atom. The number of morpholine rings is 1. The minimum Gasteiger partial charge on any atom is -0.378 e. The summed E-state index contributed by atoms with van der Waals surface area (Å²) in [6.45, 7) is 5.84. The van der Waals surface area contributed by atoms with E-state index in [1.54, 1.807) is 0 Å². The Kier molecular flexibility index (Phi) is 5.81. The molecule has 0 bridgehead atoms. The molecule has 1 aliphatic heterocycles. The molecule has 8 nitrogen and oxygen atoms in total. The van der Waals surface area contributed by atoms with Crippen LogP contribution in [-0.4, -0.2) is 52.4 Å². The van der Waals surface area contributed by atoms with Gasteiger partial charge in [0.05, 0.1) is 13.2 Å². The molecule has 4 rings (SSSR count). The summed E-state index contributed by atoms with van der Waals surface area (Å²) in [6.07, 6.45) is 0. The standard InChI is InChI=1S/C21H24N6O2/c1-16-2-4-17(5-3-16)14-22-20(28)15-27-24-21(23-25-27)18-6-8-19(9-7-18)26-10-12-29-13-11-26/h2-9H,10-15H2,1H3,(H,22,28). The largest absolute Gasteiger partial charge is 0.378 e. The molecule has 0 spiro atoms. The lowest BCUT2D eigenvalue weighted by Gasteiger charge is -2.28. The lowest BCUT2D eigenvalue weighted by molar-refractivity contribution is -0.122. The van der Waals surface area contributed by atoms with E-state index in [1.165, 1.54) is 10.4 Å². The summed E-state index contributed by atoms with van der Waals surface area (Å²) in [4.78, 5) is 15.8. The number of aromatic nitrogens is 4. The van der Waals surface area contributed by atoms with E-state index in [-0.39, 0.29) is 12.5 Å². The molecule has 1 aromatic heterocycles. The molecule has 0 aliphatic carbocycles. The van der Waals surface area contributed by atoms with Crippen LogP contribution in [0, 0.1) is 6.92 Å². The molecule has 2 heterocycles. The molecular weight excluding hydrogens is 368 g/mol. The van der Waals surface area contributed by atoms with Crippen molar-refractivity contribution in [2.24, 2.45) is 0 Å². The van der Waals surface area contributed by atoms with E-state index in [2.05, 4.69) is 37.8 Å². The van der Waals surface area contributed by atoms with Gasteiger partial charge in [-0.2, -0.15) is 4.80 Å². The second kappa shape index (κ2) is 8.83. The van der Waals surface area contributed by atoms with Crippen LogP contribution in [0.5, 0.6) is 0 Å². The van der Waals surface area contributed by atoms with Crippen molar-refractivity contribution in [2.45, 2.75) is 20.0 Å². The molecule has 8 heteroatoms. The lowest BCUT2D eigenvalue weighted by atomic mass is 10.1. The predicted octanol–water partition coefficient (Wildman–Crippen LogP) is 1.80. The van der Waals surface area contributed by atoms with Gasteiger partial charge < -0.3 is 15.0 Å². The van der Waals surface area contributed by atoms with Gasteiger partial charge in [-0.15, -0.1) is 10.2 Å². The zero-order chi connectivity index (χ0) is 20.1. The summed E-state index contributed by atoms with van der Waals surface area (Å²) in [5.41, 5.74) is 4.27. The molecule has 0 saturated carbocycles. The molecule has 0 atom stereocenters. The number of hydrogen-bond donors (Lipinski definition) is 1. The van der Waals surface area contributed by atoms with Gasteiger partial charge in [-0.1, -0.05) is 29.8 Å². The number of rotatable bonds is 6. The molecule has 29 heavy (non-hydrogen) atoms. The molecule has 1 amide bonds. The monoisotopic (exact) mass is 392 g/mol. The van der Waals surface area contributed by atoms with Crippen molar-refractivity contribution in [1.29, 1.82) is 0 Å². The molecule has 150 valence electrons. The van der Waals surface area contributed by atoms with Crippen molar-refractivity contribution < 1.29 is 9.53 Å². The van der Waals surface area contributed by atoms with Gasteiger partial charge >= 0.3 is 0 Å². The van der Waals surface area contributed by atoms with Gasteiger partial charge in [0.25, 0.3) is 0 Å². The Bertz CT molecular complexity index is 946. The number of tetrazole rings is 1. The summed E-state index contributed by atoms with van der Waals surface area (Å²) < 4.78 is 5.39. The minimum absolute atomic E-state index is 0.0325. The highest BCUT2D eigenvalue weighted by Gasteiger charge is 2.13. The van der Waals surface area contributed by atoms with Gasteiger partial charge in [-0.3, -0.25) is 4.79 Å². The first kappa shape index (κ1) is 19.1. The lowest BCUT2D eigenvalue weighted by Crippen LogP contribution is -2.36. The minimum atomic E-state index is -0.155. The molecule has 1 saturated heterocycles. The molecule has 3 aromatic rings. The van der Waals surface area contributed by atoms with Crippen LogP contribution in [0.3, 0.4) is 0 Å². The summed E-state index contributed by atoms with van der Waals surface area (Å²) in [5.74, 6) is 0.349. The van der Waals surface area contributed by atoms with Crippen molar-refractivity contribution in [3.8, 4) is 11.4 Å². The molecule has 0 unspecified atom stereocenters. The zero-order valence-corrected chi connectivity index (χ0v) is 16.4. The number of ether oxygens (including phenoxy) is 1. The van der Waals surface area contributed by atoms with Crippen molar-refractivity contribution >= 4 is 11.6 Å². The van der Waals surface area contributed by atoms with Crippen LogP contribution in [0.25, 0.3) is 11.4 Å². The summed E-state index contributed by atoms with van der Waals surface area (Å²) in [6, 6.07) is 16.1. The van der Waals surface area contributed by atoms with E-state index < -0.39 is 0 Å². The number of aryl methyl sites for hydroxylation is 1. The highest BCUT2D eigenvalue weighted by Crippen LogP contribution is 2.21. The maximum Gasteiger partial charge on any atom is 0.243 e. The van der Waals surface area contributed by atoms with Crippen molar-refractivity contribution in [1.82, 2.24) is 25.5 Å². The maximum absolute atomic E-state index is 12.2. The van der Waals surface area contributed by atoms with E-state index in [9.17, 15) is 4.79 Å². The Balaban J connectivity index is 1.32. The van der Waals surface area contributed by atoms with Crippen LogP contribution in [0.1, 0.15) is 11.1 Å². The van der Waals surface area contributed by atoms with E-state index >= 15 is 0 Å². The first-order chi connectivity index (χ1) is 14.2. The van der Waals surface area contributed by atoms with Crippen molar-refractivity contribution in [3.05, 3.63) is 59.7 Å². The van der Waals surface area contributed by atoms with Crippen LogP contribution in [0.2, 0.25) is 0 Å². The number of nitrogens with one attached hydrogen (secondary N) is 1. The maximum atomic E-state index is 12.2. The highest BCUT2D eigenvalue weighted by molar-refractivity contribution is 5.75.